The van der Waals surface area contributed by atoms with Crippen molar-refractivity contribution in [1.29, 1.82) is 5.26 Å². The van der Waals surface area contributed by atoms with Crippen LogP contribution >= 0.6 is 0 Å². The summed E-state index contributed by atoms with van der Waals surface area (Å²) in [5.41, 5.74) is 2.62. The van der Waals surface area contributed by atoms with E-state index in [0.29, 0.717) is 30.8 Å². The van der Waals surface area contributed by atoms with Crippen LogP contribution in [0.5, 0.6) is 0 Å². The SMILES string of the molecule is CCC(=O)c1nc2c(C#N)c(C)c(-c3ccccc3)c(N3CC[C@@](C)(CNC(=O)OC(C)(C)C)C3)n2n1. The highest BCUT2D eigenvalue weighted by atomic mass is 16.6. The fourth-order valence-electron chi connectivity index (χ4n) is 4.79. The Balaban J connectivity index is 1.79. The Labute approximate surface area is 217 Å². The third kappa shape index (κ3) is 5.29. The van der Waals surface area contributed by atoms with Gasteiger partial charge in [0, 0.05) is 37.0 Å². The van der Waals surface area contributed by atoms with E-state index in [1.807, 2.05) is 58.0 Å². The van der Waals surface area contributed by atoms with Crippen LogP contribution in [-0.2, 0) is 4.74 Å². The Morgan fingerprint density at radius 1 is 1.24 bits per heavy atom. The molecule has 9 heteroatoms. The number of nitrogens with one attached hydrogen (secondary N) is 1. The molecule has 4 rings (SSSR count). The summed E-state index contributed by atoms with van der Waals surface area (Å²) in [6.07, 6.45) is 0.664. The van der Waals surface area contributed by atoms with Gasteiger partial charge in [-0.2, -0.15) is 9.78 Å². The minimum atomic E-state index is -0.566. The lowest BCUT2D eigenvalue weighted by atomic mass is 9.90. The second kappa shape index (κ2) is 9.85. The number of benzene rings is 1. The molecule has 3 heterocycles. The van der Waals surface area contributed by atoms with Crippen molar-refractivity contribution in [3.05, 3.63) is 47.3 Å². The Hall–Kier alpha value is -3.93. The first-order valence-corrected chi connectivity index (χ1v) is 12.6. The second-order valence-electron chi connectivity index (χ2n) is 11.0. The number of rotatable bonds is 6. The summed E-state index contributed by atoms with van der Waals surface area (Å²) in [5, 5.41) is 17.6. The third-order valence-corrected chi connectivity index (χ3v) is 6.67. The molecular formula is C28H34N6O3. The number of hydrogen-bond acceptors (Lipinski definition) is 7. The van der Waals surface area contributed by atoms with Gasteiger partial charge < -0.3 is 15.0 Å². The van der Waals surface area contributed by atoms with Crippen molar-refractivity contribution in [1.82, 2.24) is 19.9 Å². The van der Waals surface area contributed by atoms with Crippen LogP contribution in [0.1, 0.15) is 69.2 Å². The zero-order chi connectivity index (χ0) is 27.0. The zero-order valence-electron chi connectivity index (χ0n) is 22.4. The number of ketones is 1. The first-order valence-electron chi connectivity index (χ1n) is 12.6. The van der Waals surface area contributed by atoms with Crippen LogP contribution in [-0.4, -0.2) is 51.7 Å². The highest BCUT2D eigenvalue weighted by Gasteiger charge is 2.38. The molecule has 1 fully saturated rings. The largest absolute Gasteiger partial charge is 0.444 e. The summed E-state index contributed by atoms with van der Waals surface area (Å²) in [5.74, 6) is 0.727. The number of alkyl carbamates (subject to hydrolysis) is 1. The number of hydrogen-bond donors (Lipinski definition) is 1. The lowest BCUT2D eigenvalue weighted by Gasteiger charge is -2.28. The van der Waals surface area contributed by atoms with Crippen LogP contribution in [0.15, 0.2) is 30.3 Å². The molecule has 0 saturated carbocycles. The molecule has 0 radical (unpaired) electrons. The molecule has 2 aromatic heterocycles. The van der Waals surface area contributed by atoms with Gasteiger partial charge in [-0.1, -0.05) is 44.2 Å². The van der Waals surface area contributed by atoms with Crippen LogP contribution in [0, 0.1) is 23.7 Å². The predicted octanol–water partition coefficient (Wildman–Crippen LogP) is 4.91. The number of Topliss-reactive ketones (excluding diaryl/α,β-unsaturated/α-hetero) is 1. The van der Waals surface area contributed by atoms with E-state index < -0.39 is 11.7 Å². The molecular weight excluding hydrogens is 468 g/mol. The van der Waals surface area contributed by atoms with Crippen molar-refractivity contribution >= 4 is 23.3 Å². The van der Waals surface area contributed by atoms with Crippen LogP contribution in [0.2, 0.25) is 0 Å². The van der Waals surface area contributed by atoms with Gasteiger partial charge in [0.15, 0.2) is 5.65 Å². The number of nitriles is 1. The van der Waals surface area contributed by atoms with Crippen LogP contribution in [0.3, 0.4) is 0 Å². The maximum atomic E-state index is 12.5. The molecule has 9 nitrogen and oxygen atoms in total. The molecule has 0 unspecified atom stereocenters. The van der Waals surface area contributed by atoms with Gasteiger partial charge in [-0.05, 0) is 45.2 Å². The van der Waals surface area contributed by atoms with Crippen LogP contribution < -0.4 is 10.2 Å². The molecule has 194 valence electrons. The van der Waals surface area contributed by atoms with E-state index in [1.54, 1.807) is 11.4 Å². The Kier molecular flexibility index (Phi) is 6.96. The molecule has 1 aliphatic heterocycles. The second-order valence-corrected chi connectivity index (χ2v) is 11.0. The number of nitrogens with zero attached hydrogens (tertiary/aromatic N) is 5. The molecule has 1 amide bonds. The number of aromatic nitrogens is 3. The fourth-order valence-corrected chi connectivity index (χ4v) is 4.79. The number of carbonyl (C=O) groups excluding carboxylic acids is 2. The van der Waals surface area contributed by atoms with Crippen molar-refractivity contribution in [2.24, 2.45) is 5.41 Å². The first kappa shape index (κ1) is 26.1. The quantitative estimate of drug-likeness (QED) is 0.477. The highest BCUT2D eigenvalue weighted by Crippen LogP contribution is 2.41. The average molecular weight is 503 g/mol. The van der Waals surface area contributed by atoms with E-state index in [1.165, 1.54) is 0 Å². The summed E-state index contributed by atoms with van der Waals surface area (Å²) in [6.45, 7) is 13.1. The molecule has 0 bridgehead atoms. The van der Waals surface area contributed by atoms with E-state index in [2.05, 4.69) is 33.3 Å². The summed E-state index contributed by atoms with van der Waals surface area (Å²) >= 11 is 0. The van der Waals surface area contributed by atoms with E-state index in [4.69, 9.17) is 4.74 Å². The van der Waals surface area contributed by atoms with Gasteiger partial charge in [0.2, 0.25) is 11.6 Å². The molecule has 3 aromatic rings. The first-order chi connectivity index (χ1) is 17.5. The Morgan fingerprint density at radius 2 is 1.95 bits per heavy atom. The minimum Gasteiger partial charge on any atom is -0.444 e. The van der Waals surface area contributed by atoms with Gasteiger partial charge in [0.1, 0.15) is 23.1 Å². The average Bonchev–Trinajstić information content (AvgIpc) is 3.46. The van der Waals surface area contributed by atoms with E-state index in [-0.39, 0.29) is 23.4 Å². The number of pyridine rings is 1. The highest BCUT2D eigenvalue weighted by molar-refractivity contribution is 5.94. The van der Waals surface area contributed by atoms with Gasteiger partial charge in [-0.3, -0.25) is 4.79 Å². The maximum absolute atomic E-state index is 12.5. The van der Waals surface area contributed by atoms with Crippen molar-refractivity contribution in [2.45, 2.75) is 60.0 Å². The molecule has 1 N–H and O–H groups in total. The van der Waals surface area contributed by atoms with Gasteiger partial charge in [0.25, 0.3) is 0 Å². The summed E-state index contributed by atoms with van der Waals surface area (Å²) in [6, 6.07) is 12.2. The number of carbonyl (C=O) groups is 2. The van der Waals surface area contributed by atoms with Crippen LogP contribution in [0.4, 0.5) is 10.6 Å². The van der Waals surface area contributed by atoms with E-state index >= 15 is 0 Å². The molecule has 0 aliphatic carbocycles. The van der Waals surface area contributed by atoms with Gasteiger partial charge in [-0.25, -0.2) is 9.78 Å². The third-order valence-electron chi connectivity index (χ3n) is 6.67. The Bertz CT molecular complexity index is 1380. The van der Waals surface area contributed by atoms with Crippen molar-refractivity contribution in [2.75, 3.05) is 24.5 Å². The van der Waals surface area contributed by atoms with Crippen LogP contribution in [0.25, 0.3) is 16.8 Å². The van der Waals surface area contributed by atoms with Gasteiger partial charge in [-0.15, -0.1) is 5.10 Å². The number of anilines is 1. The zero-order valence-corrected chi connectivity index (χ0v) is 22.4. The molecule has 1 atom stereocenters. The summed E-state index contributed by atoms with van der Waals surface area (Å²) in [7, 11) is 0. The molecule has 1 saturated heterocycles. The number of ether oxygens (including phenoxy) is 1. The van der Waals surface area contributed by atoms with Gasteiger partial charge >= 0.3 is 6.09 Å². The van der Waals surface area contributed by atoms with E-state index in [9.17, 15) is 14.9 Å². The number of amides is 1. The predicted molar refractivity (Wildman–Crippen MR) is 142 cm³/mol. The van der Waals surface area contributed by atoms with Crippen molar-refractivity contribution in [3.8, 4) is 17.2 Å². The number of fused-ring (bicyclic) bond motifs is 1. The maximum Gasteiger partial charge on any atom is 0.407 e. The molecule has 1 aliphatic rings. The fraction of sp³-hybridized carbons (Fsp3) is 0.464. The summed E-state index contributed by atoms with van der Waals surface area (Å²) < 4.78 is 7.07. The molecule has 1 aromatic carbocycles. The smallest absolute Gasteiger partial charge is 0.407 e. The molecule has 0 spiro atoms. The minimum absolute atomic E-state index is 0.110. The lowest BCUT2D eigenvalue weighted by molar-refractivity contribution is 0.0507. The summed E-state index contributed by atoms with van der Waals surface area (Å²) in [4.78, 5) is 31.5. The Morgan fingerprint density at radius 3 is 2.57 bits per heavy atom. The lowest BCUT2D eigenvalue weighted by Crippen LogP contribution is -2.40. The van der Waals surface area contributed by atoms with E-state index in [0.717, 1.165) is 28.9 Å². The van der Waals surface area contributed by atoms with Crippen molar-refractivity contribution < 1.29 is 14.3 Å². The molecule has 37 heavy (non-hydrogen) atoms. The standard InChI is InChI=1S/C28H34N6O3/c1-7-21(35)23-31-24-20(15-29)18(2)22(19-11-9-8-10-12-19)25(34(24)32-23)33-14-13-28(6,17-33)16-30-26(36)37-27(3,4)5/h8-12H,7,13-14,16-17H2,1-6H3,(H,30,36)/t28-/m0/s1. The monoisotopic (exact) mass is 502 g/mol. The normalized spacial score (nSPS) is 17.6. The topological polar surface area (TPSA) is 113 Å². The van der Waals surface area contributed by atoms with Gasteiger partial charge in [0.05, 0.1) is 0 Å². The van der Waals surface area contributed by atoms with Crippen molar-refractivity contribution in [3.63, 3.8) is 0 Å².